The van der Waals surface area contributed by atoms with Gasteiger partial charge in [-0.15, -0.1) is 0 Å². The maximum atomic E-state index is 13.2. The normalized spacial score (nSPS) is 27.2. The van der Waals surface area contributed by atoms with Crippen molar-refractivity contribution in [1.29, 1.82) is 0 Å². The van der Waals surface area contributed by atoms with Crippen LogP contribution in [-0.4, -0.2) is 86.0 Å². The summed E-state index contributed by atoms with van der Waals surface area (Å²) < 4.78 is 10.9. The van der Waals surface area contributed by atoms with Crippen LogP contribution >= 0.6 is 0 Å². The van der Waals surface area contributed by atoms with Crippen LogP contribution in [0.4, 0.5) is 10.5 Å². The molecule has 1 aromatic rings. The fourth-order valence-corrected chi connectivity index (χ4v) is 4.62. The molecule has 0 saturated carbocycles. The molecular weight excluding hydrogens is 374 g/mol. The molecule has 3 unspecified atom stereocenters. The van der Waals surface area contributed by atoms with Crippen molar-refractivity contribution in [3.8, 4) is 11.5 Å². The van der Waals surface area contributed by atoms with E-state index >= 15 is 0 Å². The number of rotatable bonds is 5. The number of nitrogens with zero attached hydrogens (tertiary/aromatic N) is 4. The smallest absolute Gasteiger partial charge is 0.327 e. The molecule has 3 aliphatic heterocycles. The second-order valence-electron chi connectivity index (χ2n) is 7.64. The summed E-state index contributed by atoms with van der Waals surface area (Å²) in [6.07, 6.45) is 1.11. The summed E-state index contributed by atoms with van der Waals surface area (Å²) in [6.45, 7) is 4.03. The van der Waals surface area contributed by atoms with E-state index in [0.29, 0.717) is 12.3 Å². The van der Waals surface area contributed by atoms with Gasteiger partial charge in [-0.1, -0.05) is 6.92 Å². The first-order valence-corrected chi connectivity index (χ1v) is 10.1. The zero-order chi connectivity index (χ0) is 20.7. The number of fused-ring (bicyclic) bond motifs is 3. The van der Waals surface area contributed by atoms with Crippen LogP contribution in [0.15, 0.2) is 18.2 Å². The summed E-state index contributed by atoms with van der Waals surface area (Å²) in [5.74, 6) is 1.33. The highest BCUT2D eigenvalue weighted by molar-refractivity contribution is 6.00. The quantitative estimate of drug-likeness (QED) is 0.789. The summed E-state index contributed by atoms with van der Waals surface area (Å²) >= 11 is 0. The van der Waals surface area contributed by atoms with E-state index in [4.69, 9.17) is 9.47 Å². The van der Waals surface area contributed by atoms with Gasteiger partial charge in [-0.2, -0.15) is 0 Å². The van der Waals surface area contributed by atoms with Gasteiger partial charge in [-0.3, -0.25) is 19.9 Å². The molecule has 0 aliphatic carbocycles. The fraction of sp³-hybridized carbons (Fsp3) is 0.600. The number of anilines is 1. The molecule has 0 spiro atoms. The Morgan fingerprint density at radius 3 is 2.66 bits per heavy atom. The third-order valence-electron chi connectivity index (χ3n) is 6.01. The van der Waals surface area contributed by atoms with Gasteiger partial charge < -0.3 is 19.3 Å². The summed E-state index contributed by atoms with van der Waals surface area (Å²) in [5.41, 5.74) is 0.931. The van der Waals surface area contributed by atoms with Crippen LogP contribution in [0, 0.1) is 0 Å². The molecule has 3 heterocycles. The molecule has 158 valence electrons. The SMILES string of the molecule is CCCN1C(=O)C2C(NC3N(c4ccc(OC)cc4OC)CCCN23)N(C)C1=O. The second-order valence-corrected chi connectivity index (χ2v) is 7.64. The lowest BCUT2D eigenvalue weighted by atomic mass is 10.1. The first kappa shape index (κ1) is 19.8. The number of amides is 3. The average Bonchev–Trinajstić information content (AvgIpc) is 3.14. The van der Waals surface area contributed by atoms with Crippen molar-refractivity contribution in [2.45, 2.75) is 38.3 Å². The van der Waals surface area contributed by atoms with Gasteiger partial charge in [-0.05, 0) is 25.0 Å². The van der Waals surface area contributed by atoms with Gasteiger partial charge in [0.05, 0.1) is 19.9 Å². The van der Waals surface area contributed by atoms with E-state index in [1.807, 2.05) is 25.1 Å². The average molecular weight is 403 g/mol. The molecule has 29 heavy (non-hydrogen) atoms. The summed E-state index contributed by atoms with van der Waals surface area (Å²) in [4.78, 5) is 33.3. The van der Waals surface area contributed by atoms with E-state index in [1.165, 1.54) is 4.90 Å². The Hall–Kier alpha value is -2.52. The molecule has 1 aromatic carbocycles. The molecular formula is C20H29N5O4. The van der Waals surface area contributed by atoms with Crippen molar-refractivity contribution in [1.82, 2.24) is 20.0 Å². The maximum absolute atomic E-state index is 13.2. The van der Waals surface area contributed by atoms with Crippen molar-refractivity contribution >= 4 is 17.6 Å². The topological polar surface area (TPSA) is 77.6 Å². The molecule has 3 aliphatic rings. The molecule has 3 saturated heterocycles. The molecule has 3 atom stereocenters. The van der Waals surface area contributed by atoms with Crippen molar-refractivity contribution < 1.29 is 19.1 Å². The number of methoxy groups -OCH3 is 2. The van der Waals surface area contributed by atoms with E-state index in [-0.39, 0.29) is 30.4 Å². The largest absolute Gasteiger partial charge is 0.497 e. The summed E-state index contributed by atoms with van der Waals surface area (Å²) in [5, 5.41) is 3.52. The van der Waals surface area contributed by atoms with Crippen LogP contribution in [0.5, 0.6) is 11.5 Å². The Balaban J connectivity index is 1.67. The monoisotopic (exact) mass is 403 g/mol. The van der Waals surface area contributed by atoms with E-state index in [2.05, 4.69) is 15.1 Å². The highest BCUT2D eigenvalue weighted by atomic mass is 16.5. The van der Waals surface area contributed by atoms with Crippen LogP contribution in [0.2, 0.25) is 0 Å². The molecule has 4 rings (SSSR count). The number of hydrogen-bond acceptors (Lipinski definition) is 7. The number of likely N-dealkylation sites (N-methyl/N-ethyl adjacent to an activating group) is 1. The van der Waals surface area contributed by atoms with Crippen LogP contribution < -0.4 is 19.7 Å². The predicted molar refractivity (Wildman–Crippen MR) is 108 cm³/mol. The zero-order valence-corrected chi connectivity index (χ0v) is 17.4. The van der Waals surface area contributed by atoms with Crippen LogP contribution in [0.1, 0.15) is 19.8 Å². The third-order valence-corrected chi connectivity index (χ3v) is 6.01. The number of carbonyl (C=O) groups excluding carboxylic acids is 2. The van der Waals surface area contributed by atoms with Gasteiger partial charge in [0.2, 0.25) is 0 Å². The molecule has 9 nitrogen and oxygen atoms in total. The zero-order valence-electron chi connectivity index (χ0n) is 17.4. The summed E-state index contributed by atoms with van der Waals surface area (Å²) in [6, 6.07) is 5.12. The minimum atomic E-state index is -0.388. The van der Waals surface area contributed by atoms with Gasteiger partial charge in [0, 0.05) is 32.7 Å². The minimum absolute atomic E-state index is 0.113. The number of hydrogen-bond donors (Lipinski definition) is 1. The molecule has 0 aromatic heterocycles. The van der Waals surface area contributed by atoms with E-state index in [9.17, 15) is 9.59 Å². The number of nitrogens with one attached hydrogen (secondary N) is 1. The predicted octanol–water partition coefficient (Wildman–Crippen LogP) is 1.10. The maximum Gasteiger partial charge on any atom is 0.327 e. The lowest BCUT2D eigenvalue weighted by molar-refractivity contribution is -0.138. The van der Waals surface area contributed by atoms with Crippen molar-refractivity contribution in [2.75, 3.05) is 45.8 Å². The number of ether oxygens (including phenoxy) is 2. The standard InChI is InChI=1S/C20H29N5O4/c1-5-9-25-18(26)16-17(22(2)20(25)27)21-19-23(10-6-11-24(16)19)14-8-7-13(28-3)12-15(14)29-4/h7-8,12,16-17,19,21H,5-6,9-11H2,1-4H3. The molecule has 0 radical (unpaired) electrons. The lowest BCUT2D eigenvalue weighted by Gasteiger charge is -2.44. The van der Waals surface area contributed by atoms with Crippen molar-refractivity contribution in [2.24, 2.45) is 0 Å². The van der Waals surface area contributed by atoms with Crippen LogP contribution in [-0.2, 0) is 4.79 Å². The van der Waals surface area contributed by atoms with Gasteiger partial charge >= 0.3 is 6.03 Å². The molecule has 0 bridgehead atoms. The van der Waals surface area contributed by atoms with Crippen LogP contribution in [0.3, 0.4) is 0 Å². The first-order chi connectivity index (χ1) is 14.0. The second kappa shape index (κ2) is 7.72. The number of carbonyl (C=O) groups is 2. The molecule has 3 amide bonds. The minimum Gasteiger partial charge on any atom is -0.497 e. The van der Waals surface area contributed by atoms with E-state index in [1.54, 1.807) is 26.2 Å². The Bertz CT molecular complexity index is 803. The van der Waals surface area contributed by atoms with Crippen molar-refractivity contribution in [3.05, 3.63) is 18.2 Å². The Morgan fingerprint density at radius 1 is 1.17 bits per heavy atom. The number of benzene rings is 1. The molecule has 3 fully saturated rings. The first-order valence-electron chi connectivity index (χ1n) is 10.1. The Labute approximate surface area is 171 Å². The fourth-order valence-electron chi connectivity index (χ4n) is 4.62. The molecule has 9 heteroatoms. The van der Waals surface area contributed by atoms with Crippen LogP contribution in [0.25, 0.3) is 0 Å². The van der Waals surface area contributed by atoms with E-state index < -0.39 is 0 Å². The number of urea groups is 1. The van der Waals surface area contributed by atoms with Gasteiger partial charge in [0.25, 0.3) is 5.91 Å². The van der Waals surface area contributed by atoms with Gasteiger partial charge in [-0.25, -0.2) is 4.79 Å². The highest BCUT2D eigenvalue weighted by Crippen LogP contribution is 2.38. The Kier molecular flexibility index (Phi) is 5.26. The van der Waals surface area contributed by atoms with Gasteiger partial charge in [0.1, 0.15) is 30.0 Å². The van der Waals surface area contributed by atoms with Gasteiger partial charge in [0.15, 0.2) is 0 Å². The number of imide groups is 1. The van der Waals surface area contributed by atoms with E-state index in [0.717, 1.165) is 37.4 Å². The lowest BCUT2D eigenvalue weighted by Crippen LogP contribution is -2.66. The third kappa shape index (κ3) is 3.08. The summed E-state index contributed by atoms with van der Waals surface area (Å²) in [7, 11) is 5.03. The molecule has 1 N–H and O–H groups in total. The highest BCUT2D eigenvalue weighted by Gasteiger charge is 2.56. The van der Waals surface area contributed by atoms with Crippen molar-refractivity contribution in [3.63, 3.8) is 0 Å². The Morgan fingerprint density at radius 2 is 1.97 bits per heavy atom.